The molecule has 0 aliphatic heterocycles. The SMILES string of the molecule is CCOC(=O)c1cnn2c(=O)c(CC)c(C)[nH]c12. The van der Waals surface area contributed by atoms with Crippen molar-refractivity contribution < 1.29 is 9.53 Å². The maximum atomic E-state index is 12.1. The summed E-state index contributed by atoms with van der Waals surface area (Å²) in [6.45, 7) is 5.72. The van der Waals surface area contributed by atoms with E-state index in [0.717, 1.165) is 5.69 Å². The van der Waals surface area contributed by atoms with Crippen molar-refractivity contribution in [2.45, 2.75) is 27.2 Å². The number of H-pyrrole nitrogens is 1. The molecule has 0 radical (unpaired) electrons. The molecule has 0 aromatic carbocycles. The highest BCUT2D eigenvalue weighted by molar-refractivity contribution is 5.95. The maximum absolute atomic E-state index is 12.1. The summed E-state index contributed by atoms with van der Waals surface area (Å²) in [5.74, 6) is -0.480. The average Bonchev–Trinajstić information content (AvgIpc) is 2.73. The molecule has 2 aromatic heterocycles. The van der Waals surface area contributed by atoms with Crippen LogP contribution in [0.25, 0.3) is 5.65 Å². The van der Waals surface area contributed by atoms with E-state index >= 15 is 0 Å². The first-order valence-electron chi connectivity index (χ1n) is 5.86. The van der Waals surface area contributed by atoms with Gasteiger partial charge in [-0.3, -0.25) is 4.79 Å². The first-order valence-corrected chi connectivity index (χ1v) is 5.86. The van der Waals surface area contributed by atoms with Gasteiger partial charge in [-0.05, 0) is 20.3 Å². The quantitative estimate of drug-likeness (QED) is 0.825. The third-order valence-electron chi connectivity index (χ3n) is 2.83. The zero-order chi connectivity index (χ0) is 13.3. The van der Waals surface area contributed by atoms with E-state index in [9.17, 15) is 9.59 Å². The molecule has 0 atom stereocenters. The van der Waals surface area contributed by atoms with Crippen molar-refractivity contribution in [2.24, 2.45) is 0 Å². The van der Waals surface area contributed by atoms with Crippen LogP contribution in [0.4, 0.5) is 0 Å². The van der Waals surface area contributed by atoms with E-state index in [1.54, 1.807) is 6.92 Å². The van der Waals surface area contributed by atoms with E-state index in [1.165, 1.54) is 10.7 Å². The van der Waals surface area contributed by atoms with E-state index in [0.29, 0.717) is 17.6 Å². The molecule has 6 heteroatoms. The molecule has 6 nitrogen and oxygen atoms in total. The van der Waals surface area contributed by atoms with Crippen LogP contribution in [0, 0.1) is 6.92 Å². The summed E-state index contributed by atoms with van der Waals surface area (Å²) < 4.78 is 6.12. The number of hydrogen-bond acceptors (Lipinski definition) is 4. The molecule has 96 valence electrons. The Morgan fingerprint density at radius 3 is 2.83 bits per heavy atom. The summed E-state index contributed by atoms with van der Waals surface area (Å²) in [6.07, 6.45) is 1.97. The minimum Gasteiger partial charge on any atom is -0.462 e. The predicted molar refractivity (Wildman–Crippen MR) is 65.9 cm³/mol. The topological polar surface area (TPSA) is 76.5 Å². The molecular formula is C12H15N3O3. The van der Waals surface area contributed by atoms with E-state index in [2.05, 4.69) is 10.1 Å². The average molecular weight is 249 g/mol. The van der Waals surface area contributed by atoms with Crippen LogP contribution in [-0.4, -0.2) is 27.2 Å². The third kappa shape index (κ3) is 1.79. The molecule has 2 heterocycles. The lowest BCUT2D eigenvalue weighted by Gasteiger charge is -2.04. The standard InChI is InChI=1S/C12H15N3O3/c1-4-8-7(3)14-10-9(12(17)18-5-2)6-13-15(10)11(8)16/h6,14H,4-5H2,1-3H3. The predicted octanol–water partition coefficient (Wildman–Crippen LogP) is 1.07. The van der Waals surface area contributed by atoms with Gasteiger partial charge in [0.25, 0.3) is 5.56 Å². The van der Waals surface area contributed by atoms with Crippen molar-refractivity contribution in [3.05, 3.63) is 33.4 Å². The molecule has 0 aliphatic carbocycles. The summed E-state index contributed by atoms with van der Waals surface area (Å²) in [7, 11) is 0. The van der Waals surface area contributed by atoms with Gasteiger partial charge in [0.2, 0.25) is 0 Å². The number of carbonyl (C=O) groups is 1. The Morgan fingerprint density at radius 1 is 1.50 bits per heavy atom. The fourth-order valence-electron chi connectivity index (χ4n) is 1.94. The van der Waals surface area contributed by atoms with Crippen LogP contribution in [0.1, 0.15) is 35.5 Å². The van der Waals surface area contributed by atoms with Gasteiger partial charge in [0.1, 0.15) is 5.56 Å². The third-order valence-corrected chi connectivity index (χ3v) is 2.83. The molecule has 2 rings (SSSR count). The van der Waals surface area contributed by atoms with E-state index in [4.69, 9.17) is 4.74 Å². The first-order chi connectivity index (χ1) is 8.60. The lowest BCUT2D eigenvalue weighted by molar-refractivity contribution is 0.0528. The van der Waals surface area contributed by atoms with Crippen molar-refractivity contribution in [3.8, 4) is 0 Å². The first kappa shape index (κ1) is 12.3. The molecule has 1 N–H and O–H groups in total. The largest absolute Gasteiger partial charge is 0.462 e. The smallest absolute Gasteiger partial charge is 0.343 e. The lowest BCUT2D eigenvalue weighted by Crippen LogP contribution is -2.21. The van der Waals surface area contributed by atoms with Gasteiger partial charge in [-0.2, -0.15) is 9.61 Å². The summed E-state index contributed by atoms with van der Waals surface area (Å²) in [4.78, 5) is 26.8. The van der Waals surface area contributed by atoms with Crippen LogP contribution < -0.4 is 5.56 Å². The van der Waals surface area contributed by atoms with Gasteiger partial charge in [-0.15, -0.1) is 0 Å². The number of aryl methyl sites for hydroxylation is 1. The number of carbonyl (C=O) groups excluding carboxylic acids is 1. The Hall–Kier alpha value is -2.11. The monoisotopic (exact) mass is 249 g/mol. The van der Waals surface area contributed by atoms with E-state index < -0.39 is 5.97 Å². The second kappa shape index (κ2) is 4.64. The van der Waals surface area contributed by atoms with Crippen LogP contribution in [-0.2, 0) is 11.2 Å². The van der Waals surface area contributed by atoms with E-state index in [1.807, 2.05) is 13.8 Å². The van der Waals surface area contributed by atoms with Crippen LogP contribution >= 0.6 is 0 Å². The fraction of sp³-hybridized carbons (Fsp3) is 0.417. The van der Waals surface area contributed by atoms with Crippen LogP contribution in [0.15, 0.2) is 11.0 Å². The minimum absolute atomic E-state index is 0.195. The molecular weight excluding hydrogens is 234 g/mol. The summed E-state index contributed by atoms with van der Waals surface area (Å²) >= 11 is 0. The van der Waals surface area contributed by atoms with Crippen LogP contribution in [0.5, 0.6) is 0 Å². The maximum Gasteiger partial charge on any atom is 0.343 e. The molecule has 0 aliphatic rings. The number of nitrogens with zero attached hydrogens (tertiary/aromatic N) is 2. The molecule has 18 heavy (non-hydrogen) atoms. The summed E-state index contributed by atoms with van der Waals surface area (Å²) in [5.41, 5.74) is 1.88. The number of ether oxygens (including phenoxy) is 1. The highest BCUT2D eigenvalue weighted by Crippen LogP contribution is 2.10. The highest BCUT2D eigenvalue weighted by Gasteiger charge is 2.17. The van der Waals surface area contributed by atoms with Gasteiger partial charge in [-0.25, -0.2) is 4.79 Å². The summed E-state index contributed by atoms with van der Waals surface area (Å²) in [5, 5.41) is 3.94. The van der Waals surface area contributed by atoms with Gasteiger partial charge >= 0.3 is 5.97 Å². The van der Waals surface area contributed by atoms with Crippen molar-refractivity contribution in [1.82, 2.24) is 14.6 Å². The molecule has 0 amide bonds. The number of aromatic amines is 1. The molecule has 0 unspecified atom stereocenters. The molecule has 0 saturated heterocycles. The van der Waals surface area contributed by atoms with Crippen LogP contribution in [0.2, 0.25) is 0 Å². The summed E-state index contributed by atoms with van der Waals surface area (Å²) in [6, 6.07) is 0. The number of aromatic nitrogens is 3. The number of nitrogens with one attached hydrogen (secondary N) is 1. The van der Waals surface area contributed by atoms with E-state index in [-0.39, 0.29) is 17.7 Å². The second-order valence-corrected chi connectivity index (χ2v) is 3.93. The van der Waals surface area contributed by atoms with Crippen molar-refractivity contribution >= 4 is 11.6 Å². The molecule has 0 spiro atoms. The number of hydrogen-bond donors (Lipinski definition) is 1. The number of rotatable bonds is 3. The van der Waals surface area contributed by atoms with Gasteiger partial charge < -0.3 is 9.72 Å². The number of esters is 1. The normalized spacial score (nSPS) is 10.8. The Kier molecular flexibility index (Phi) is 3.18. The lowest BCUT2D eigenvalue weighted by atomic mass is 10.2. The molecule has 0 fully saturated rings. The Morgan fingerprint density at radius 2 is 2.22 bits per heavy atom. The van der Waals surface area contributed by atoms with Gasteiger partial charge in [-0.1, -0.05) is 6.92 Å². The van der Waals surface area contributed by atoms with Gasteiger partial charge in [0.15, 0.2) is 5.65 Å². The highest BCUT2D eigenvalue weighted by atomic mass is 16.5. The van der Waals surface area contributed by atoms with Crippen molar-refractivity contribution in [1.29, 1.82) is 0 Å². The molecule has 0 saturated carbocycles. The van der Waals surface area contributed by atoms with Gasteiger partial charge in [0.05, 0.1) is 12.8 Å². The minimum atomic E-state index is -0.480. The Balaban J connectivity index is 2.68. The Labute approximate surface area is 104 Å². The Bertz CT molecular complexity index is 654. The zero-order valence-electron chi connectivity index (χ0n) is 10.6. The van der Waals surface area contributed by atoms with Crippen molar-refractivity contribution in [3.63, 3.8) is 0 Å². The van der Waals surface area contributed by atoms with Gasteiger partial charge in [0, 0.05) is 11.3 Å². The fourth-order valence-corrected chi connectivity index (χ4v) is 1.94. The molecule has 2 aromatic rings. The van der Waals surface area contributed by atoms with Crippen LogP contribution in [0.3, 0.4) is 0 Å². The zero-order valence-corrected chi connectivity index (χ0v) is 10.6. The second-order valence-electron chi connectivity index (χ2n) is 3.93. The van der Waals surface area contributed by atoms with Crippen molar-refractivity contribution in [2.75, 3.05) is 6.61 Å². The number of fused-ring (bicyclic) bond motifs is 1. The molecule has 0 bridgehead atoms.